The first kappa shape index (κ1) is 13.4. The minimum absolute atomic E-state index is 0.688. The summed E-state index contributed by atoms with van der Waals surface area (Å²) in [7, 11) is 1.67. The number of aromatic amines is 1. The van der Waals surface area contributed by atoms with Crippen molar-refractivity contribution in [3.63, 3.8) is 0 Å². The van der Waals surface area contributed by atoms with Gasteiger partial charge < -0.3 is 9.72 Å². The van der Waals surface area contributed by atoms with Crippen LogP contribution in [0.5, 0.6) is 5.75 Å². The van der Waals surface area contributed by atoms with Crippen LogP contribution in [0.3, 0.4) is 0 Å². The molecule has 0 aliphatic heterocycles. The lowest BCUT2D eigenvalue weighted by atomic mass is 9.97. The van der Waals surface area contributed by atoms with Gasteiger partial charge in [-0.1, -0.05) is 11.6 Å². The van der Waals surface area contributed by atoms with Crippen molar-refractivity contribution in [2.75, 3.05) is 7.11 Å². The first-order valence-electron chi connectivity index (χ1n) is 5.51. The maximum Gasteiger partial charge on any atom is 0.174 e. The Kier molecular flexibility index (Phi) is 3.69. The van der Waals surface area contributed by atoms with Crippen molar-refractivity contribution in [1.29, 1.82) is 0 Å². The van der Waals surface area contributed by atoms with Gasteiger partial charge in [-0.3, -0.25) is 0 Å². The minimum atomic E-state index is 0.688. The summed E-state index contributed by atoms with van der Waals surface area (Å²) in [5, 5.41) is 0.772. The number of ether oxygens (including phenoxy) is 1. The molecule has 0 saturated heterocycles. The number of halogens is 2. The van der Waals surface area contributed by atoms with E-state index in [0.717, 1.165) is 38.7 Å². The second kappa shape index (κ2) is 4.94. The molecule has 0 amide bonds. The van der Waals surface area contributed by atoms with E-state index in [9.17, 15) is 0 Å². The van der Waals surface area contributed by atoms with Crippen molar-refractivity contribution >= 4 is 27.5 Å². The molecule has 0 saturated carbocycles. The molecule has 3 nitrogen and oxygen atoms in total. The fraction of sp³-hybridized carbons (Fsp3) is 0.308. The van der Waals surface area contributed by atoms with Gasteiger partial charge in [-0.25, -0.2) is 4.98 Å². The van der Waals surface area contributed by atoms with Crippen LogP contribution in [0.15, 0.2) is 10.9 Å². The van der Waals surface area contributed by atoms with Crippen LogP contribution in [-0.2, 0) is 0 Å². The lowest BCUT2D eigenvalue weighted by molar-refractivity contribution is 0.412. The average molecular weight is 330 g/mol. The number of nitrogens with one attached hydrogen (secondary N) is 1. The Morgan fingerprint density at radius 1 is 1.22 bits per heavy atom. The van der Waals surface area contributed by atoms with Crippen LogP contribution in [0.25, 0.3) is 11.3 Å². The van der Waals surface area contributed by atoms with E-state index in [2.05, 4.69) is 25.9 Å². The van der Waals surface area contributed by atoms with Crippen LogP contribution in [0, 0.1) is 20.8 Å². The van der Waals surface area contributed by atoms with Crippen LogP contribution < -0.4 is 4.74 Å². The number of nitrogens with zero attached hydrogens (tertiary/aromatic N) is 1. The predicted octanol–water partition coefficient (Wildman–Crippen LogP) is 4.43. The van der Waals surface area contributed by atoms with E-state index in [1.54, 1.807) is 13.3 Å². The molecule has 0 fully saturated rings. The SMILES string of the molecule is COc1c(C)c(C)c(Cl)c(C)c1-c1cnc(Br)[nH]1. The number of rotatable bonds is 2. The molecule has 96 valence electrons. The van der Waals surface area contributed by atoms with E-state index in [1.807, 2.05) is 20.8 Å². The standard InChI is InChI=1S/C13H14BrClN2O/c1-6-7(2)12(18-4)10(8(3)11(6)15)9-5-16-13(14)17-9/h5H,1-4H3,(H,16,17). The van der Waals surface area contributed by atoms with Crippen LogP contribution in [-0.4, -0.2) is 17.1 Å². The molecule has 0 unspecified atom stereocenters. The van der Waals surface area contributed by atoms with Gasteiger partial charge in [-0.05, 0) is 53.4 Å². The molecule has 0 bridgehead atoms. The lowest BCUT2D eigenvalue weighted by Crippen LogP contribution is -1.98. The first-order valence-corrected chi connectivity index (χ1v) is 6.68. The van der Waals surface area contributed by atoms with Crippen molar-refractivity contribution in [3.8, 4) is 17.0 Å². The van der Waals surface area contributed by atoms with E-state index in [0.29, 0.717) is 4.73 Å². The second-order valence-corrected chi connectivity index (χ2v) is 5.31. The molecule has 0 radical (unpaired) electrons. The van der Waals surface area contributed by atoms with Crippen molar-refractivity contribution in [2.24, 2.45) is 0 Å². The Labute approximate surface area is 120 Å². The summed E-state index contributed by atoms with van der Waals surface area (Å²) in [6.45, 7) is 6.00. The number of benzene rings is 1. The summed E-state index contributed by atoms with van der Waals surface area (Å²) >= 11 is 9.68. The van der Waals surface area contributed by atoms with Gasteiger partial charge in [-0.15, -0.1) is 0 Å². The maximum absolute atomic E-state index is 6.37. The Hall–Kier alpha value is -1.00. The van der Waals surface area contributed by atoms with Crippen molar-refractivity contribution in [2.45, 2.75) is 20.8 Å². The Balaban J connectivity index is 2.81. The zero-order valence-corrected chi connectivity index (χ0v) is 13.0. The van der Waals surface area contributed by atoms with Crippen molar-refractivity contribution in [1.82, 2.24) is 9.97 Å². The van der Waals surface area contributed by atoms with Gasteiger partial charge in [0, 0.05) is 10.6 Å². The highest BCUT2D eigenvalue weighted by atomic mass is 79.9. The third kappa shape index (κ3) is 2.04. The van der Waals surface area contributed by atoms with Crippen LogP contribution in [0.2, 0.25) is 5.02 Å². The summed E-state index contributed by atoms with van der Waals surface area (Å²) in [6.07, 6.45) is 1.76. The highest BCUT2D eigenvalue weighted by Crippen LogP contribution is 2.41. The van der Waals surface area contributed by atoms with Gasteiger partial charge in [0.05, 0.1) is 19.0 Å². The summed E-state index contributed by atoms with van der Waals surface area (Å²) < 4.78 is 6.22. The summed E-state index contributed by atoms with van der Waals surface area (Å²) in [6, 6.07) is 0. The van der Waals surface area contributed by atoms with Gasteiger partial charge in [0.15, 0.2) is 4.73 Å². The zero-order chi connectivity index (χ0) is 13.4. The Morgan fingerprint density at radius 3 is 2.39 bits per heavy atom. The molecule has 1 aromatic carbocycles. The van der Waals surface area contributed by atoms with E-state index in [-0.39, 0.29) is 0 Å². The lowest BCUT2D eigenvalue weighted by Gasteiger charge is -2.17. The molecule has 0 aliphatic rings. The van der Waals surface area contributed by atoms with Gasteiger partial charge in [0.1, 0.15) is 5.75 Å². The monoisotopic (exact) mass is 328 g/mol. The van der Waals surface area contributed by atoms with Gasteiger partial charge in [0.2, 0.25) is 0 Å². The molecule has 18 heavy (non-hydrogen) atoms. The fourth-order valence-electron chi connectivity index (χ4n) is 2.09. The Bertz CT molecular complexity index is 608. The molecule has 5 heteroatoms. The second-order valence-electron chi connectivity index (χ2n) is 4.18. The fourth-order valence-corrected chi connectivity index (χ4v) is 2.64. The largest absolute Gasteiger partial charge is 0.496 e. The number of imidazole rings is 1. The summed E-state index contributed by atoms with van der Waals surface area (Å²) in [4.78, 5) is 7.30. The van der Waals surface area contributed by atoms with Crippen molar-refractivity contribution in [3.05, 3.63) is 32.6 Å². The van der Waals surface area contributed by atoms with E-state index in [4.69, 9.17) is 16.3 Å². The molecular weight excluding hydrogens is 316 g/mol. The van der Waals surface area contributed by atoms with Gasteiger partial charge in [0.25, 0.3) is 0 Å². The maximum atomic E-state index is 6.37. The zero-order valence-electron chi connectivity index (χ0n) is 10.7. The van der Waals surface area contributed by atoms with Crippen LogP contribution >= 0.6 is 27.5 Å². The highest BCUT2D eigenvalue weighted by Gasteiger charge is 2.19. The van der Waals surface area contributed by atoms with Crippen LogP contribution in [0.4, 0.5) is 0 Å². The van der Waals surface area contributed by atoms with Gasteiger partial charge in [-0.2, -0.15) is 0 Å². The van der Waals surface area contributed by atoms with E-state index < -0.39 is 0 Å². The molecule has 2 aromatic rings. The smallest absolute Gasteiger partial charge is 0.174 e. The first-order chi connectivity index (χ1) is 8.47. The molecule has 0 spiro atoms. The summed E-state index contributed by atoms with van der Waals surface area (Å²) in [5.74, 6) is 0.838. The van der Waals surface area contributed by atoms with Crippen LogP contribution in [0.1, 0.15) is 16.7 Å². The molecular formula is C13H14BrClN2O. The predicted molar refractivity (Wildman–Crippen MR) is 77.5 cm³/mol. The normalized spacial score (nSPS) is 10.8. The Morgan fingerprint density at radius 2 is 1.89 bits per heavy atom. The van der Waals surface area contributed by atoms with E-state index in [1.165, 1.54) is 0 Å². The third-order valence-electron chi connectivity index (χ3n) is 3.18. The molecule has 2 rings (SSSR count). The molecule has 1 heterocycles. The number of aromatic nitrogens is 2. The minimum Gasteiger partial charge on any atom is -0.496 e. The molecule has 1 aromatic heterocycles. The average Bonchev–Trinajstić information content (AvgIpc) is 2.77. The molecule has 0 aliphatic carbocycles. The molecule has 1 N–H and O–H groups in total. The molecule has 0 atom stereocenters. The quantitative estimate of drug-likeness (QED) is 0.885. The number of hydrogen-bond donors (Lipinski definition) is 1. The topological polar surface area (TPSA) is 37.9 Å². The van der Waals surface area contributed by atoms with Gasteiger partial charge >= 0.3 is 0 Å². The highest BCUT2D eigenvalue weighted by molar-refractivity contribution is 9.10. The summed E-state index contributed by atoms with van der Waals surface area (Å²) in [5.41, 5.74) is 4.94. The van der Waals surface area contributed by atoms with E-state index >= 15 is 0 Å². The number of methoxy groups -OCH3 is 1. The van der Waals surface area contributed by atoms with Crippen molar-refractivity contribution < 1.29 is 4.74 Å². The number of hydrogen-bond acceptors (Lipinski definition) is 2. The number of H-pyrrole nitrogens is 1. The third-order valence-corrected chi connectivity index (χ3v) is 4.15.